The van der Waals surface area contributed by atoms with Crippen LogP contribution in [0.15, 0.2) is 47.5 Å². The van der Waals surface area contributed by atoms with Gasteiger partial charge in [-0.2, -0.15) is 0 Å². The Hall–Kier alpha value is -3.94. The predicted molar refractivity (Wildman–Crippen MR) is 105 cm³/mol. The Balaban J connectivity index is 1.79. The van der Waals surface area contributed by atoms with Crippen LogP contribution >= 0.6 is 0 Å². The number of carbonyl (C=O) groups excluding carboxylic acids is 2. The first-order valence-electron chi connectivity index (χ1n) is 8.98. The molecule has 0 spiro atoms. The molecule has 2 aromatic carbocycles. The molecule has 154 valence electrons. The van der Waals surface area contributed by atoms with E-state index >= 15 is 0 Å². The summed E-state index contributed by atoms with van der Waals surface area (Å²) < 4.78 is 31.2. The van der Waals surface area contributed by atoms with Gasteiger partial charge in [0.25, 0.3) is 0 Å². The van der Waals surface area contributed by atoms with Crippen molar-refractivity contribution < 1.29 is 38.0 Å². The zero-order valence-corrected chi connectivity index (χ0v) is 16.3. The first-order chi connectivity index (χ1) is 14.6. The van der Waals surface area contributed by atoms with Crippen molar-refractivity contribution in [2.45, 2.75) is 0 Å². The van der Waals surface area contributed by atoms with Crippen LogP contribution in [0, 0.1) is 0 Å². The third-order valence-electron chi connectivity index (χ3n) is 4.52. The van der Waals surface area contributed by atoms with Crippen molar-refractivity contribution in [3.05, 3.63) is 58.7 Å². The summed E-state index contributed by atoms with van der Waals surface area (Å²) in [5, 5.41) is 0. The highest BCUT2D eigenvalue weighted by Crippen LogP contribution is 2.35. The van der Waals surface area contributed by atoms with Crippen LogP contribution in [0.25, 0.3) is 12.2 Å². The molecular weight excluding hydrogens is 392 g/mol. The third kappa shape index (κ3) is 3.80. The minimum Gasteiger partial charge on any atom is -0.465 e. The van der Waals surface area contributed by atoms with Crippen LogP contribution in [0.1, 0.15) is 11.1 Å². The van der Waals surface area contributed by atoms with E-state index in [1.807, 2.05) is 0 Å². The summed E-state index contributed by atoms with van der Waals surface area (Å²) in [5.41, 5.74) is 1.31. The lowest BCUT2D eigenvalue weighted by Gasteiger charge is -2.10. The maximum Gasteiger partial charge on any atom is 0.338 e. The van der Waals surface area contributed by atoms with E-state index in [1.165, 1.54) is 26.4 Å². The lowest BCUT2D eigenvalue weighted by atomic mass is 9.99. The van der Waals surface area contributed by atoms with Gasteiger partial charge in [-0.25, -0.2) is 9.59 Å². The number of hydrogen-bond donors (Lipinski definition) is 0. The fourth-order valence-corrected chi connectivity index (χ4v) is 3.05. The van der Waals surface area contributed by atoms with Crippen molar-refractivity contribution >= 4 is 24.1 Å². The number of hydrogen-bond acceptors (Lipinski definition) is 8. The summed E-state index contributed by atoms with van der Waals surface area (Å²) in [6.07, 6.45) is 3.06. The lowest BCUT2D eigenvalue weighted by Crippen LogP contribution is -2.15. The number of carbonyl (C=O) groups is 2. The highest BCUT2D eigenvalue weighted by Gasteiger charge is 2.24. The molecule has 4 rings (SSSR count). The summed E-state index contributed by atoms with van der Waals surface area (Å²) in [6.45, 7) is 0.258. The molecule has 0 atom stereocenters. The van der Waals surface area contributed by atoms with Crippen LogP contribution in [0.4, 0.5) is 0 Å². The number of methoxy groups -OCH3 is 2. The zero-order valence-electron chi connectivity index (χ0n) is 16.3. The van der Waals surface area contributed by atoms with Crippen molar-refractivity contribution in [1.82, 2.24) is 0 Å². The van der Waals surface area contributed by atoms with Gasteiger partial charge in [0.05, 0.1) is 25.4 Å². The smallest absolute Gasteiger partial charge is 0.338 e. The van der Waals surface area contributed by atoms with Gasteiger partial charge in [0, 0.05) is 0 Å². The molecule has 0 unspecified atom stereocenters. The molecule has 0 saturated heterocycles. The monoisotopic (exact) mass is 410 g/mol. The van der Waals surface area contributed by atoms with E-state index in [9.17, 15) is 9.59 Å². The fraction of sp³-hybridized carbons (Fsp3) is 0.182. The molecule has 8 nitrogen and oxygen atoms in total. The molecule has 0 bridgehead atoms. The quantitative estimate of drug-likeness (QED) is 0.422. The second-order valence-corrected chi connectivity index (χ2v) is 6.32. The average Bonchev–Trinajstić information content (AvgIpc) is 3.43. The second-order valence-electron chi connectivity index (χ2n) is 6.32. The molecule has 8 heteroatoms. The van der Waals surface area contributed by atoms with E-state index in [0.29, 0.717) is 34.1 Å². The topological polar surface area (TPSA) is 89.5 Å². The van der Waals surface area contributed by atoms with Crippen LogP contribution in [0.3, 0.4) is 0 Å². The second kappa shape index (κ2) is 8.20. The van der Waals surface area contributed by atoms with Crippen molar-refractivity contribution in [3.63, 3.8) is 0 Å². The van der Waals surface area contributed by atoms with E-state index in [-0.39, 0.29) is 24.7 Å². The number of fused-ring (bicyclic) bond motifs is 2. The Morgan fingerprint density at radius 3 is 1.50 bits per heavy atom. The summed E-state index contributed by atoms with van der Waals surface area (Å²) in [6, 6.07) is 10.4. The van der Waals surface area contributed by atoms with Gasteiger partial charge in [-0.15, -0.1) is 0 Å². The minimum atomic E-state index is -0.690. The normalized spacial score (nSPS) is 14.5. The largest absolute Gasteiger partial charge is 0.465 e. The molecule has 2 aliphatic heterocycles. The van der Waals surface area contributed by atoms with Crippen molar-refractivity contribution in [1.29, 1.82) is 0 Å². The van der Waals surface area contributed by atoms with Crippen LogP contribution in [0.2, 0.25) is 0 Å². The van der Waals surface area contributed by atoms with E-state index in [1.54, 1.807) is 36.4 Å². The number of ether oxygens (including phenoxy) is 6. The van der Waals surface area contributed by atoms with Crippen LogP contribution in [-0.4, -0.2) is 39.7 Å². The Morgan fingerprint density at radius 2 is 1.10 bits per heavy atom. The van der Waals surface area contributed by atoms with E-state index < -0.39 is 11.9 Å². The van der Waals surface area contributed by atoms with Crippen LogP contribution < -0.4 is 18.9 Å². The van der Waals surface area contributed by atoms with Crippen LogP contribution in [0.5, 0.6) is 23.0 Å². The van der Waals surface area contributed by atoms with Gasteiger partial charge >= 0.3 is 11.9 Å². The number of benzene rings is 2. The van der Waals surface area contributed by atoms with Gasteiger partial charge in [-0.1, -0.05) is 12.1 Å². The maximum absolute atomic E-state index is 12.5. The predicted octanol–water partition coefficient (Wildman–Crippen LogP) is 2.96. The fourth-order valence-electron chi connectivity index (χ4n) is 3.05. The molecule has 0 aromatic heterocycles. The zero-order chi connectivity index (χ0) is 21.1. The Labute approximate surface area is 172 Å². The molecule has 0 amide bonds. The third-order valence-corrected chi connectivity index (χ3v) is 4.52. The number of rotatable bonds is 5. The van der Waals surface area contributed by atoms with Crippen molar-refractivity contribution in [3.8, 4) is 23.0 Å². The molecule has 2 heterocycles. The molecule has 2 aromatic rings. The average molecular weight is 410 g/mol. The van der Waals surface area contributed by atoms with Gasteiger partial charge < -0.3 is 28.4 Å². The van der Waals surface area contributed by atoms with E-state index in [0.717, 1.165) is 0 Å². The van der Waals surface area contributed by atoms with Gasteiger partial charge in [0.1, 0.15) is 0 Å². The minimum absolute atomic E-state index is 0.0286. The summed E-state index contributed by atoms with van der Waals surface area (Å²) in [7, 11) is 2.48. The van der Waals surface area contributed by atoms with Gasteiger partial charge in [-0.05, 0) is 47.5 Å². The Morgan fingerprint density at radius 1 is 0.700 bits per heavy atom. The highest BCUT2D eigenvalue weighted by atomic mass is 16.7. The molecule has 30 heavy (non-hydrogen) atoms. The SMILES string of the molecule is COC(=O)C(=C/c1ccc2c(c1)OCO2)/C(=C\c1ccc2c(c1)OCO2)C(=O)OC. The Kier molecular flexibility index (Phi) is 5.30. The molecule has 0 saturated carbocycles. The van der Waals surface area contributed by atoms with E-state index in [4.69, 9.17) is 28.4 Å². The lowest BCUT2D eigenvalue weighted by molar-refractivity contribution is -0.139. The summed E-state index contributed by atoms with van der Waals surface area (Å²) in [4.78, 5) is 25.1. The maximum atomic E-state index is 12.5. The van der Waals surface area contributed by atoms with Gasteiger partial charge in [-0.3, -0.25) is 0 Å². The van der Waals surface area contributed by atoms with Crippen molar-refractivity contribution in [2.24, 2.45) is 0 Å². The number of esters is 2. The van der Waals surface area contributed by atoms with Crippen LogP contribution in [-0.2, 0) is 19.1 Å². The first kappa shape index (κ1) is 19.4. The molecular formula is C22H18O8. The first-order valence-corrected chi connectivity index (χ1v) is 8.98. The van der Waals surface area contributed by atoms with E-state index in [2.05, 4.69) is 0 Å². The molecule has 0 N–H and O–H groups in total. The summed E-state index contributed by atoms with van der Waals surface area (Å²) in [5.74, 6) is 0.932. The molecule has 2 aliphatic rings. The van der Waals surface area contributed by atoms with Gasteiger partial charge in [0.2, 0.25) is 13.6 Å². The van der Waals surface area contributed by atoms with Gasteiger partial charge in [0.15, 0.2) is 23.0 Å². The molecule has 0 fully saturated rings. The van der Waals surface area contributed by atoms with Crippen molar-refractivity contribution in [2.75, 3.05) is 27.8 Å². The molecule has 0 aliphatic carbocycles. The summed E-state index contributed by atoms with van der Waals surface area (Å²) >= 11 is 0. The highest BCUT2D eigenvalue weighted by molar-refractivity contribution is 6.12. The molecule has 0 radical (unpaired) electrons. The standard InChI is InChI=1S/C22H18O8/c1-25-21(23)15(7-13-3-5-17-19(9-13)29-11-27-17)16(22(24)26-2)8-14-4-6-18-20(10-14)30-12-28-18/h3-10H,11-12H2,1-2H3/b15-7+,16-8+. The Bertz CT molecular complexity index is 981.